The molecule has 5 nitrogen and oxygen atoms in total. The zero-order valence-electron chi connectivity index (χ0n) is 6.68. The number of sulfonamides is 1. The van der Waals surface area contributed by atoms with Crippen LogP contribution in [0.2, 0.25) is 0 Å². The molecular weight excluding hydrogens is 258 g/mol. The normalized spacial score (nSPS) is 12.2. The molecule has 70 valence electrons. The molecular formula is C6H6BrN3O2S. The van der Waals surface area contributed by atoms with Gasteiger partial charge in [-0.3, -0.25) is 4.98 Å². The molecule has 0 fully saturated rings. The molecule has 0 amide bonds. The minimum Gasteiger partial charge on any atom is -0.261 e. The molecule has 13 heavy (non-hydrogen) atoms. The molecule has 0 spiro atoms. The van der Waals surface area contributed by atoms with Crippen LogP contribution in [0.1, 0.15) is 0 Å². The molecule has 0 aliphatic heterocycles. The van der Waals surface area contributed by atoms with Crippen LogP contribution < -0.4 is 0 Å². The van der Waals surface area contributed by atoms with Gasteiger partial charge in [-0.25, -0.2) is 8.42 Å². The number of hydrogen-bond donors (Lipinski definition) is 0. The van der Waals surface area contributed by atoms with Gasteiger partial charge in [0.05, 0.1) is 12.5 Å². The fourth-order valence-electron chi connectivity index (χ4n) is 0.577. The fraction of sp³-hybridized carbons (Fsp3) is 0.167. The van der Waals surface area contributed by atoms with E-state index in [1.807, 2.05) is 0 Å². The summed E-state index contributed by atoms with van der Waals surface area (Å²) in [6.07, 6.45) is 3.96. The van der Waals surface area contributed by atoms with Crippen LogP contribution in [0.4, 0.5) is 5.69 Å². The summed E-state index contributed by atoms with van der Waals surface area (Å²) in [5.74, 6) is 0. The van der Waals surface area contributed by atoms with Crippen molar-refractivity contribution in [3.05, 3.63) is 22.9 Å². The number of aromatic nitrogens is 1. The summed E-state index contributed by atoms with van der Waals surface area (Å²) in [7, 11) is -3.42. The second-order valence-electron chi connectivity index (χ2n) is 2.28. The summed E-state index contributed by atoms with van der Waals surface area (Å²) in [6.45, 7) is 0. The molecule has 1 aromatic heterocycles. The van der Waals surface area contributed by atoms with Gasteiger partial charge in [-0.15, -0.1) is 5.11 Å². The van der Waals surface area contributed by atoms with E-state index >= 15 is 0 Å². The average molecular weight is 264 g/mol. The zero-order valence-corrected chi connectivity index (χ0v) is 9.08. The van der Waals surface area contributed by atoms with E-state index in [2.05, 4.69) is 30.5 Å². The molecule has 0 aliphatic rings. The highest BCUT2D eigenvalue weighted by Gasteiger charge is 1.96. The van der Waals surface area contributed by atoms with E-state index < -0.39 is 10.0 Å². The Morgan fingerprint density at radius 3 is 2.69 bits per heavy atom. The quantitative estimate of drug-likeness (QED) is 0.765. The van der Waals surface area contributed by atoms with Crippen molar-refractivity contribution in [1.29, 1.82) is 0 Å². The van der Waals surface area contributed by atoms with Crippen LogP contribution in [0.15, 0.2) is 32.6 Å². The summed E-state index contributed by atoms with van der Waals surface area (Å²) < 4.78 is 25.0. The van der Waals surface area contributed by atoms with Crippen molar-refractivity contribution in [2.24, 2.45) is 9.63 Å². The van der Waals surface area contributed by atoms with E-state index in [0.717, 1.165) is 10.7 Å². The van der Waals surface area contributed by atoms with Crippen LogP contribution in [0.25, 0.3) is 0 Å². The molecule has 7 heteroatoms. The Hall–Kier alpha value is -0.820. The van der Waals surface area contributed by atoms with Gasteiger partial charge in [-0.2, -0.15) is 0 Å². The minimum atomic E-state index is -3.42. The van der Waals surface area contributed by atoms with Crippen molar-refractivity contribution in [2.75, 3.05) is 6.26 Å². The predicted octanol–water partition coefficient (Wildman–Crippen LogP) is 1.89. The van der Waals surface area contributed by atoms with Gasteiger partial charge in [0.15, 0.2) is 0 Å². The Morgan fingerprint density at radius 1 is 1.46 bits per heavy atom. The van der Waals surface area contributed by atoms with Gasteiger partial charge in [0.1, 0.15) is 5.69 Å². The van der Waals surface area contributed by atoms with Crippen LogP contribution in [-0.4, -0.2) is 19.7 Å². The zero-order chi connectivity index (χ0) is 9.90. The number of pyridine rings is 1. The van der Waals surface area contributed by atoms with Crippen LogP contribution in [-0.2, 0) is 10.0 Å². The first kappa shape index (κ1) is 10.3. The van der Waals surface area contributed by atoms with E-state index in [9.17, 15) is 8.42 Å². The van der Waals surface area contributed by atoms with Crippen LogP contribution >= 0.6 is 15.9 Å². The molecule has 0 N–H and O–H groups in total. The highest BCUT2D eigenvalue weighted by molar-refractivity contribution is 9.10. The van der Waals surface area contributed by atoms with Crippen molar-refractivity contribution in [3.63, 3.8) is 0 Å². The van der Waals surface area contributed by atoms with Gasteiger partial charge >= 0.3 is 0 Å². The molecule has 0 atom stereocenters. The molecule has 0 aromatic carbocycles. The SMILES string of the molecule is CS(=O)(=O)N=Nc1cncc(Br)c1. The lowest BCUT2D eigenvalue weighted by atomic mass is 10.4. The number of rotatable bonds is 2. The minimum absolute atomic E-state index is 0.389. The third-order valence-corrected chi connectivity index (χ3v) is 1.81. The third-order valence-electron chi connectivity index (χ3n) is 0.995. The maximum absolute atomic E-state index is 10.6. The predicted molar refractivity (Wildman–Crippen MR) is 51.3 cm³/mol. The Kier molecular flexibility index (Phi) is 3.10. The lowest BCUT2D eigenvalue weighted by Crippen LogP contribution is -1.86. The first-order valence-corrected chi connectivity index (χ1v) is 5.85. The summed E-state index contributed by atoms with van der Waals surface area (Å²) in [5, 5.41) is 3.48. The molecule has 0 saturated carbocycles. The highest BCUT2D eigenvalue weighted by Crippen LogP contribution is 2.16. The van der Waals surface area contributed by atoms with Crippen molar-refractivity contribution in [2.45, 2.75) is 0 Å². The third kappa shape index (κ3) is 4.09. The van der Waals surface area contributed by atoms with E-state index in [1.54, 1.807) is 12.3 Å². The van der Waals surface area contributed by atoms with Crippen LogP contribution in [0.3, 0.4) is 0 Å². The summed E-state index contributed by atoms with van der Waals surface area (Å²) in [6, 6.07) is 1.61. The lowest BCUT2D eigenvalue weighted by Gasteiger charge is -1.90. The van der Waals surface area contributed by atoms with E-state index in [0.29, 0.717) is 5.69 Å². The maximum atomic E-state index is 10.6. The van der Waals surface area contributed by atoms with Crippen molar-refractivity contribution in [1.82, 2.24) is 4.98 Å². The van der Waals surface area contributed by atoms with E-state index in [-0.39, 0.29) is 0 Å². The molecule has 0 radical (unpaired) electrons. The average Bonchev–Trinajstić information content (AvgIpc) is 2.00. The molecule has 1 aromatic rings. The molecule has 0 bridgehead atoms. The summed E-state index contributed by atoms with van der Waals surface area (Å²) >= 11 is 3.17. The van der Waals surface area contributed by atoms with Gasteiger partial charge in [-0.05, 0) is 22.0 Å². The second-order valence-corrected chi connectivity index (χ2v) is 4.82. The largest absolute Gasteiger partial charge is 0.267 e. The Labute approximate surface area is 84.1 Å². The van der Waals surface area contributed by atoms with E-state index in [4.69, 9.17) is 0 Å². The smallest absolute Gasteiger partial charge is 0.261 e. The molecule has 0 aliphatic carbocycles. The van der Waals surface area contributed by atoms with E-state index in [1.165, 1.54) is 6.20 Å². The standard InChI is InChI=1S/C6H6BrN3O2S/c1-13(11,12)10-9-6-2-5(7)3-8-4-6/h2-4H,1H3. The van der Waals surface area contributed by atoms with Gasteiger partial charge in [0, 0.05) is 10.7 Å². The molecule has 1 rings (SSSR count). The lowest BCUT2D eigenvalue weighted by molar-refractivity contribution is 0.601. The van der Waals surface area contributed by atoms with Crippen LogP contribution in [0, 0.1) is 0 Å². The molecule has 0 saturated heterocycles. The van der Waals surface area contributed by atoms with Gasteiger partial charge < -0.3 is 0 Å². The number of halogens is 1. The van der Waals surface area contributed by atoms with Crippen molar-refractivity contribution < 1.29 is 8.42 Å². The molecule has 0 unspecified atom stereocenters. The Balaban J connectivity index is 2.93. The Bertz CT molecular complexity index is 429. The first-order chi connectivity index (χ1) is 5.97. The fourth-order valence-corrected chi connectivity index (χ4v) is 1.17. The Morgan fingerprint density at radius 2 is 2.15 bits per heavy atom. The first-order valence-electron chi connectivity index (χ1n) is 3.21. The highest BCUT2D eigenvalue weighted by atomic mass is 79.9. The number of nitrogens with zero attached hydrogens (tertiary/aromatic N) is 3. The monoisotopic (exact) mass is 263 g/mol. The second kappa shape index (κ2) is 3.93. The summed E-state index contributed by atoms with van der Waals surface area (Å²) in [5.41, 5.74) is 0.389. The maximum Gasteiger partial charge on any atom is 0.267 e. The van der Waals surface area contributed by atoms with Crippen molar-refractivity contribution in [3.8, 4) is 0 Å². The van der Waals surface area contributed by atoms with Gasteiger partial charge in [0.2, 0.25) is 0 Å². The summed E-state index contributed by atoms with van der Waals surface area (Å²) in [4.78, 5) is 3.79. The van der Waals surface area contributed by atoms with Crippen molar-refractivity contribution >= 4 is 31.6 Å². The molecule has 1 heterocycles. The van der Waals surface area contributed by atoms with Crippen LogP contribution in [0.5, 0.6) is 0 Å². The number of hydrogen-bond acceptors (Lipinski definition) is 4. The van der Waals surface area contributed by atoms with Gasteiger partial charge in [-0.1, -0.05) is 4.52 Å². The topological polar surface area (TPSA) is 71.8 Å². The van der Waals surface area contributed by atoms with Gasteiger partial charge in [0.25, 0.3) is 10.0 Å².